The van der Waals surface area contributed by atoms with Gasteiger partial charge in [0.1, 0.15) is 0 Å². The van der Waals surface area contributed by atoms with Crippen LogP contribution in [-0.4, -0.2) is 31.0 Å². The molecule has 1 aromatic rings. The predicted octanol–water partition coefficient (Wildman–Crippen LogP) is 5.98. The summed E-state index contributed by atoms with van der Waals surface area (Å²) in [5, 5.41) is 2.12. The van der Waals surface area contributed by atoms with Crippen LogP contribution in [0.5, 0.6) is 0 Å². The summed E-state index contributed by atoms with van der Waals surface area (Å²) in [6, 6.07) is 2.02. The van der Waals surface area contributed by atoms with Crippen LogP contribution < -0.4 is 2.89 Å². The molecule has 0 bridgehead atoms. The molecule has 0 saturated heterocycles. The Morgan fingerprint density at radius 2 is 1.52 bits per heavy atom. The molecule has 0 N–H and O–H groups in total. The third-order valence-corrected chi connectivity index (χ3v) is 24.1. The SMILES string of the molecule is CCC[CH2][Sn]([CH2]CCC)([CH2]CCC)[c]1sccc1C(=O)OCC. The summed E-state index contributed by atoms with van der Waals surface area (Å²) in [5.74, 6) is -0.0886. The van der Waals surface area contributed by atoms with Crippen molar-refractivity contribution in [2.24, 2.45) is 0 Å². The van der Waals surface area contributed by atoms with E-state index in [-0.39, 0.29) is 5.97 Å². The van der Waals surface area contributed by atoms with Gasteiger partial charge in [0.05, 0.1) is 0 Å². The molecule has 1 rings (SSSR count). The zero-order valence-electron chi connectivity index (χ0n) is 15.5. The Hall–Kier alpha value is -0.0313. The normalized spacial score (nSPS) is 11.7. The van der Waals surface area contributed by atoms with E-state index in [4.69, 9.17) is 4.74 Å². The summed E-state index contributed by atoms with van der Waals surface area (Å²) in [7, 11) is 0. The second-order valence-corrected chi connectivity index (χ2v) is 21.4. The molecule has 1 aromatic heterocycles. The molecular weight excluding hydrogens is 411 g/mol. The van der Waals surface area contributed by atoms with Gasteiger partial charge in [-0.3, -0.25) is 0 Å². The maximum atomic E-state index is 12.4. The van der Waals surface area contributed by atoms with Gasteiger partial charge in [-0.2, -0.15) is 0 Å². The first kappa shape index (κ1) is 21.0. The van der Waals surface area contributed by atoms with Gasteiger partial charge >= 0.3 is 151 Å². The molecule has 4 heteroatoms. The molecule has 0 aliphatic heterocycles. The monoisotopic (exact) mass is 446 g/mol. The number of hydrogen-bond donors (Lipinski definition) is 0. The van der Waals surface area contributed by atoms with E-state index in [2.05, 4.69) is 26.2 Å². The van der Waals surface area contributed by atoms with Crippen molar-refractivity contribution in [1.82, 2.24) is 0 Å². The van der Waals surface area contributed by atoms with E-state index in [1.807, 2.05) is 24.3 Å². The van der Waals surface area contributed by atoms with Gasteiger partial charge in [-0.15, -0.1) is 0 Å². The van der Waals surface area contributed by atoms with Crippen LogP contribution in [0.25, 0.3) is 0 Å². The summed E-state index contributed by atoms with van der Waals surface area (Å²) in [5.41, 5.74) is 0.913. The zero-order chi connectivity index (χ0) is 17.1. The number of rotatable bonds is 12. The number of hydrogen-bond acceptors (Lipinski definition) is 3. The summed E-state index contributed by atoms with van der Waals surface area (Å²) in [6.45, 7) is 9.23. The van der Waals surface area contributed by atoms with E-state index in [1.54, 1.807) is 0 Å². The molecule has 1 heterocycles. The maximum absolute atomic E-state index is 12.4. The molecule has 0 saturated carbocycles. The fourth-order valence-electron chi connectivity index (χ4n) is 3.35. The summed E-state index contributed by atoms with van der Waals surface area (Å²) in [6.07, 6.45) is 7.75. The Labute approximate surface area is 150 Å². The minimum atomic E-state index is -2.51. The predicted molar refractivity (Wildman–Crippen MR) is 105 cm³/mol. The fraction of sp³-hybridized carbons (Fsp3) is 0.737. The minimum absolute atomic E-state index is 0.0886. The van der Waals surface area contributed by atoms with Crippen LogP contribution in [0.1, 0.15) is 76.6 Å². The van der Waals surface area contributed by atoms with Crippen molar-refractivity contribution >= 4 is 38.6 Å². The first-order valence-electron chi connectivity index (χ1n) is 9.40. The molecule has 0 spiro atoms. The van der Waals surface area contributed by atoms with Crippen LogP contribution in [-0.2, 0) is 4.74 Å². The quantitative estimate of drug-likeness (QED) is 0.292. The Morgan fingerprint density at radius 1 is 1.00 bits per heavy atom. The molecule has 0 fully saturated rings. The van der Waals surface area contributed by atoms with Gasteiger partial charge in [0.2, 0.25) is 0 Å². The van der Waals surface area contributed by atoms with Crippen molar-refractivity contribution in [3.63, 3.8) is 0 Å². The molecule has 0 aliphatic carbocycles. The summed E-state index contributed by atoms with van der Waals surface area (Å²) < 4.78 is 11.0. The fourth-order valence-corrected chi connectivity index (χ4v) is 24.1. The second kappa shape index (κ2) is 11.5. The number of esters is 1. The molecule has 23 heavy (non-hydrogen) atoms. The standard InChI is InChI=1S/C7H7O2S.3C4H9.Sn/c1-2-9-7(8)6-3-4-10-5-6;3*1-3-4-2;/h3-4H,2H2,1H3;3*1,3-4H2,2H3;. The van der Waals surface area contributed by atoms with E-state index < -0.39 is 18.4 Å². The van der Waals surface area contributed by atoms with Crippen LogP contribution >= 0.6 is 11.3 Å². The van der Waals surface area contributed by atoms with E-state index >= 15 is 0 Å². The van der Waals surface area contributed by atoms with E-state index in [0.717, 1.165) is 5.56 Å². The van der Waals surface area contributed by atoms with Gasteiger partial charge in [0, 0.05) is 0 Å². The van der Waals surface area contributed by atoms with Crippen molar-refractivity contribution < 1.29 is 9.53 Å². The first-order chi connectivity index (χ1) is 11.1. The van der Waals surface area contributed by atoms with Gasteiger partial charge in [-0.05, 0) is 0 Å². The van der Waals surface area contributed by atoms with Crippen molar-refractivity contribution in [2.75, 3.05) is 6.61 Å². The van der Waals surface area contributed by atoms with Crippen molar-refractivity contribution in [1.29, 1.82) is 0 Å². The number of unbranched alkanes of at least 4 members (excludes halogenated alkanes) is 3. The number of ether oxygens (including phenoxy) is 1. The van der Waals surface area contributed by atoms with Gasteiger partial charge in [0.25, 0.3) is 0 Å². The molecule has 0 radical (unpaired) electrons. The van der Waals surface area contributed by atoms with E-state index in [1.165, 1.54) is 54.7 Å². The van der Waals surface area contributed by atoms with E-state index in [0.29, 0.717) is 6.61 Å². The number of carbonyl (C=O) groups excluding carboxylic acids is 1. The summed E-state index contributed by atoms with van der Waals surface area (Å²) >= 11 is -0.651. The van der Waals surface area contributed by atoms with Gasteiger partial charge in [-0.25, -0.2) is 0 Å². The van der Waals surface area contributed by atoms with Gasteiger partial charge in [0.15, 0.2) is 0 Å². The topological polar surface area (TPSA) is 26.3 Å². The molecule has 0 amide bonds. The third-order valence-electron chi connectivity index (χ3n) is 4.67. The summed E-state index contributed by atoms with van der Waals surface area (Å²) in [4.78, 5) is 12.4. The second-order valence-electron chi connectivity index (χ2n) is 6.47. The Morgan fingerprint density at radius 3 is 1.96 bits per heavy atom. The molecule has 0 unspecified atom stereocenters. The van der Waals surface area contributed by atoms with Crippen LogP contribution in [0, 0.1) is 0 Å². The molecular formula is C19H34O2SSn. The Balaban J connectivity index is 3.19. The average molecular weight is 445 g/mol. The Bertz CT molecular complexity index is 434. The van der Waals surface area contributed by atoms with Crippen LogP contribution in [0.3, 0.4) is 0 Å². The van der Waals surface area contributed by atoms with Crippen LogP contribution in [0.4, 0.5) is 0 Å². The molecule has 2 nitrogen and oxygen atoms in total. The van der Waals surface area contributed by atoms with E-state index in [9.17, 15) is 4.79 Å². The van der Waals surface area contributed by atoms with Crippen LogP contribution in [0.15, 0.2) is 11.4 Å². The van der Waals surface area contributed by atoms with Crippen molar-refractivity contribution in [2.45, 2.75) is 79.5 Å². The molecule has 0 aromatic carbocycles. The molecule has 0 aliphatic rings. The zero-order valence-corrected chi connectivity index (χ0v) is 19.1. The average Bonchev–Trinajstić information content (AvgIpc) is 3.05. The van der Waals surface area contributed by atoms with Crippen LogP contribution in [0.2, 0.25) is 13.3 Å². The number of carbonyl (C=O) groups is 1. The molecule has 0 atom stereocenters. The molecule has 132 valence electrons. The first-order valence-corrected chi connectivity index (χ1v) is 17.8. The third kappa shape index (κ3) is 6.08. The Kier molecular flexibility index (Phi) is 10.5. The van der Waals surface area contributed by atoms with Crippen molar-refractivity contribution in [3.05, 3.63) is 17.0 Å². The van der Waals surface area contributed by atoms with Crippen molar-refractivity contribution in [3.8, 4) is 0 Å². The number of thiophene rings is 1. The van der Waals surface area contributed by atoms with Gasteiger partial charge in [-0.1, -0.05) is 0 Å². The van der Waals surface area contributed by atoms with Gasteiger partial charge < -0.3 is 0 Å².